The molecule has 6 aromatic rings. The van der Waals surface area contributed by atoms with Crippen molar-refractivity contribution >= 4 is 56.8 Å². The third kappa shape index (κ3) is 6.83. The van der Waals surface area contributed by atoms with Crippen molar-refractivity contribution in [3.8, 4) is 0 Å². The number of aryl methyl sites for hydroxylation is 2. The third-order valence-electron chi connectivity index (χ3n) is 9.72. The highest BCUT2D eigenvalue weighted by molar-refractivity contribution is 5.98. The zero-order chi connectivity index (χ0) is 35.3. The van der Waals surface area contributed by atoms with Gasteiger partial charge in [0.2, 0.25) is 0 Å². The van der Waals surface area contributed by atoms with Gasteiger partial charge in [0, 0.05) is 45.3 Å². The summed E-state index contributed by atoms with van der Waals surface area (Å²) in [5.74, 6) is -0.485. The van der Waals surface area contributed by atoms with Crippen molar-refractivity contribution in [3.05, 3.63) is 180 Å². The fourth-order valence-electron chi connectivity index (χ4n) is 7.19. The van der Waals surface area contributed by atoms with Gasteiger partial charge in [-0.2, -0.15) is 0 Å². The zero-order valence-electron chi connectivity index (χ0n) is 28.8. The quantitative estimate of drug-likeness (QED) is 0.120. The average molecular weight is 683 g/mol. The van der Waals surface area contributed by atoms with Gasteiger partial charge in [-0.3, -0.25) is 0 Å². The monoisotopic (exact) mass is 682 g/mol. The van der Waals surface area contributed by atoms with Gasteiger partial charge in [0.1, 0.15) is 13.2 Å². The molecule has 52 heavy (non-hydrogen) atoms. The van der Waals surface area contributed by atoms with Gasteiger partial charge in [-0.1, -0.05) is 72.8 Å². The van der Waals surface area contributed by atoms with Crippen molar-refractivity contribution in [1.82, 2.24) is 0 Å². The molecule has 0 fully saturated rings. The van der Waals surface area contributed by atoms with Crippen molar-refractivity contribution in [2.45, 2.75) is 25.7 Å². The second-order valence-corrected chi connectivity index (χ2v) is 13.0. The van der Waals surface area contributed by atoms with Gasteiger partial charge >= 0.3 is 11.9 Å². The SMILES string of the molecule is O=C1OCC=C1CCc1cc(N(c2ccccc2)c2ccccc2)cc2c(CCC3=CCOC3=O)cc(N(c3ccccc3)c3ccccc3)cc12. The summed E-state index contributed by atoms with van der Waals surface area (Å²) >= 11 is 0. The van der Waals surface area contributed by atoms with Gasteiger partial charge in [-0.05, 0) is 133 Å². The molecule has 6 nitrogen and oxygen atoms in total. The summed E-state index contributed by atoms with van der Waals surface area (Å²) in [6.07, 6.45) is 6.19. The summed E-state index contributed by atoms with van der Waals surface area (Å²) in [7, 11) is 0. The number of para-hydroxylation sites is 4. The molecule has 0 saturated carbocycles. The van der Waals surface area contributed by atoms with E-state index in [0.29, 0.717) is 50.0 Å². The van der Waals surface area contributed by atoms with E-state index in [-0.39, 0.29) is 11.9 Å². The maximum Gasteiger partial charge on any atom is 0.334 e. The van der Waals surface area contributed by atoms with Gasteiger partial charge in [-0.25, -0.2) is 9.59 Å². The number of ether oxygens (including phenoxy) is 2. The van der Waals surface area contributed by atoms with Crippen LogP contribution in [0.5, 0.6) is 0 Å². The molecule has 6 aromatic carbocycles. The van der Waals surface area contributed by atoms with Gasteiger partial charge in [0.25, 0.3) is 0 Å². The van der Waals surface area contributed by atoms with E-state index in [2.05, 4.69) is 131 Å². The lowest BCUT2D eigenvalue weighted by Gasteiger charge is -2.29. The average Bonchev–Trinajstić information content (AvgIpc) is 3.81. The Morgan fingerprint density at radius 1 is 0.404 bits per heavy atom. The van der Waals surface area contributed by atoms with Crippen LogP contribution < -0.4 is 9.80 Å². The Bertz CT molecular complexity index is 2040. The molecule has 0 bridgehead atoms. The normalized spacial score (nSPS) is 13.8. The zero-order valence-corrected chi connectivity index (χ0v) is 28.8. The first-order chi connectivity index (χ1) is 25.6. The number of carbonyl (C=O) groups is 2. The summed E-state index contributed by atoms with van der Waals surface area (Å²) < 4.78 is 10.6. The molecule has 2 aliphatic rings. The molecule has 0 unspecified atom stereocenters. The summed E-state index contributed by atoms with van der Waals surface area (Å²) in [6.45, 7) is 0.640. The van der Waals surface area contributed by atoms with Crippen LogP contribution in [0.3, 0.4) is 0 Å². The minimum absolute atomic E-state index is 0.243. The van der Waals surface area contributed by atoms with Crippen LogP contribution in [-0.4, -0.2) is 25.2 Å². The summed E-state index contributed by atoms with van der Waals surface area (Å²) in [6, 6.07) is 50.6. The highest BCUT2D eigenvalue weighted by Crippen LogP contribution is 2.43. The molecule has 0 saturated heterocycles. The van der Waals surface area contributed by atoms with E-state index in [1.807, 2.05) is 36.4 Å². The van der Waals surface area contributed by atoms with Crippen molar-refractivity contribution in [2.75, 3.05) is 23.0 Å². The molecular weight excluding hydrogens is 645 g/mol. The Balaban J connectivity index is 1.36. The lowest BCUT2D eigenvalue weighted by Crippen LogP contribution is -2.12. The first kappa shape index (κ1) is 32.8. The molecule has 0 atom stereocenters. The van der Waals surface area contributed by atoms with Crippen molar-refractivity contribution in [1.29, 1.82) is 0 Å². The van der Waals surface area contributed by atoms with Gasteiger partial charge < -0.3 is 19.3 Å². The Kier molecular flexibility index (Phi) is 9.35. The molecule has 8 rings (SSSR count). The van der Waals surface area contributed by atoms with E-state index in [9.17, 15) is 9.59 Å². The van der Waals surface area contributed by atoms with Gasteiger partial charge in [0.15, 0.2) is 0 Å². The minimum Gasteiger partial charge on any atom is -0.458 e. The van der Waals surface area contributed by atoms with Crippen LogP contribution in [0, 0.1) is 0 Å². The number of carbonyl (C=O) groups excluding carboxylic acids is 2. The maximum absolute atomic E-state index is 12.6. The van der Waals surface area contributed by atoms with Gasteiger partial charge in [-0.15, -0.1) is 0 Å². The van der Waals surface area contributed by atoms with E-state index < -0.39 is 0 Å². The predicted octanol–water partition coefficient (Wildman–Crippen LogP) is 10.6. The number of esters is 2. The minimum atomic E-state index is -0.243. The maximum atomic E-state index is 12.6. The fraction of sp³-hybridized carbons (Fsp3) is 0.130. The second-order valence-electron chi connectivity index (χ2n) is 13.0. The van der Waals surface area contributed by atoms with Crippen LogP contribution in [-0.2, 0) is 31.9 Å². The lowest BCUT2D eigenvalue weighted by atomic mass is 9.91. The standard InChI is InChI=1S/C46H38N2O4/c49-45-33(25-27-51-45)21-23-35-29-41(47(37-13-5-1-6-14-37)38-15-7-2-8-16-38)31-43-36(24-22-34-26-28-52-46(34)50)30-42(32-44(35)43)48(39-17-9-3-10-18-39)40-19-11-4-12-20-40/h1-20,25-26,29-32H,21-24,27-28H2. The smallest absolute Gasteiger partial charge is 0.334 e. The van der Waals surface area contributed by atoms with Crippen LogP contribution in [0.25, 0.3) is 10.8 Å². The fourth-order valence-corrected chi connectivity index (χ4v) is 7.19. The molecule has 0 aliphatic carbocycles. The Morgan fingerprint density at radius 3 is 1.02 bits per heavy atom. The number of hydrogen-bond acceptors (Lipinski definition) is 6. The Labute approximate surface area is 303 Å². The number of anilines is 6. The predicted molar refractivity (Wildman–Crippen MR) is 208 cm³/mol. The van der Waals surface area contributed by atoms with Crippen LogP contribution in [0.15, 0.2) is 169 Å². The third-order valence-corrected chi connectivity index (χ3v) is 9.72. The molecule has 0 amide bonds. The van der Waals surface area contributed by atoms with Crippen LogP contribution in [0.4, 0.5) is 34.1 Å². The van der Waals surface area contributed by atoms with Crippen molar-refractivity contribution < 1.29 is 19.1 Å². The molecule has 0 spiro atoms. The summed E-state index contributed by atoms with van der Waals surface area (Å²) in [4.78, 5) is 29.8. The molecule has 2 aliphatic heterocycles. The van der Waals surface area contributed by atoms with E-state index in [4.69, 9.17) is 9.47 Å². The highest BCUT2D eigenvalue weighted by atomic mass is 16.5. The Morgan fingerprint density at radius 2 is 0.731 bits per heavy atom. The van der Waals surface area contributed by atoms with Gasteiger partial charge in [0.05, 0.1) is 0 Å². The topological polar surface area (TPSA) is 59.1 Å². The molecule has 256 valence electrons. The van der Waals surface area contributed by atoms with Crippen molar-refractivity contribution in [2.24, 2.45) is 0 Å². The second kappa shape index (κ2) is 14.8. The number of cyclic esters (lactones) is 2. The van der Waals surface area contributed by atoms with E-state index in [1.54, 1.807) is 0 Å². The first-order valence-electron chi connectivity index (χ1n) is 17.7. The number of fused-ring (bicyclic) bond motifs is 1. The molecular formula is C46H38N2O4. The van der Waals surface area contributed by atoms with Crippen LogP contribution in [0.2, 0.25) is 0 Å². The molecule has 0 radical (unpaired) electrons. The summed E-state index contributed by atoms with van der Waals surface area (Å²) in [5.41, 5.74) is 9.84. The number of hydrogen-bond donors (Lipinski definition) is 0. The highest BCUT2D eigenvalue weighted by Gasteiger charge is 2.23. The van der Waals surface area contributed by atoms with Crippen LogP contribution >= 0.6 is 0 Å². The van der Waals surface area contributed by atoms with E-state index in [0.717, 1.165) is 56.0 Å². The molecule has 0 N–H and O–H groups in total. The molecule has 2 heterocycles. The molecule has 0 aromatic heterocycles. The number of benzene rings is 6. The molecule has 6 heteroatoms. The first-order valence-corrected chi connectivity index (χ1v) is 17.7. The Hall–Kier alpha value is -6.40. The lowest BCUT2D eigenvalue weighted by molar-refractivity contribution is -0.136. The summed E-state index contributed by atoms with van der Waals surface area (Å²) in [5, 5.41) is 2.20. The number of nitrogens with zero attached hydrogens (tertiary/aromatic N) is 2. The van der Waals surface area contributed by atoms with E-state index >= 15 is 0 Å². The van der Waals surface area contributed by atoms with Crippen molar-refractivity contribution in [3.63, 3.8) is 0 Å². The van der Waals surface area contributed by atoms with Crippen LogP contribution in [0.1, 0.15) is 24.0 Å². The number of rotatable bonds is 12. The largest absolute Gasteiger partial charge is 0.458 e. The van der Waals surface area contributed by atoms with E-state index in [1.165, 1.54) is 0 Å².